The predicted molar refractivity (Wildman–Crippen MR) is 144 cm³/mol. The van der Waals surface area contributed by atoms with Crippen LogP contribution in [0, 0.1) is 6.92 Å². The lowest BCUT2D eigenvalue weighted by Crippen LogP contribution is -2.39. The normalized spacial score (nSPS) is 12.6. The summed E-state index contributed by atoms with van der Waals surface area (Å²) in [7, 11) is 7.05. The van der Waals surface area contributed by atoms with Crippen LogP contribution in [0.15, 0.2) is 41.4 Å². The van der Waals surface area contributed by atoms with Crippen LogP contribution in [0.25, 0.3) is 0 Å². The standard InChI is InChI=1S/C25H34N4O3.HI/c1-18-15-22(31-4)23(32-5)16-20(18)17-28(3)25(26-2)27-13-8-11-24(30)29-14-12-19-9-6-7-10-21(19)29;/h6-7,9-10,15-16H,8,11-14,17H2,1-5H3,(H,26,27);1H. The van der Waals surface area contributed by atoms with Crippen molar-refractivity contribution in [1.82, 2.24) is 10.2 Å². The summed E-state index contributed by atoms with van der Waals surface area (Å²) in [5, 5.41) is 3.37. The number of hydrogen-bond donors (Lipinski definition) is 1. The van der Waals surface area contributed by atoms with Gasteiger partial charge in [0.2, 0.25) is 5.91 Å². The SMILES string of the molecule is CN=C(NCCCC(=O)N1CCc2ccccc21)N(C)Cc1cc(OC)c(OC)cc1C.I. The van der Waals surface area contributed by atoms with Crippen LogP contribution < -0.4 is 19.7 Å². The smallest absolute Gasteiger partial charge is 0.227 e. The Kier molecular flexibility index (Phi) is 10.3. The largest absolute Gasteiger partial charge is 0.493 e. The minimum atomic E-state index is 0. The molecule has 0 unspecified atom stereocenters. The van der Waals surface area contributed by atoms with Crippen molar-refractivity contribution in [1.29, 1.82) is 0 Å². The number of halogens is 1. The van der Waals surface area contributed by atoms with E-state index in [0.29, 0.717) is 25.3 Å². The van der Waals surface area contributed by atoms with Crippen LogP contribution >= 0.6 is 24.0 Å². The number of benzene rings is 2. The van der Waals surface area contributed by atoms with Crippen molar-refractivity contribution in [3.8, 4) is 11.5 Å². The van der Waals surface area contributed by atoms with Crippen LogP contribution in [0.2, 0.25) is 0 Å². The molecule has 1 aliphatic heterocycles. The topological polar surface area (TPSA) is 66.4 Å². The number of nitrogens with one attached hydrogen (secondary N) is 1. The van der Waals surface area contributed by atoms with Crippen LogP contribution in [-0.4, -0.2) is 58.2 Å². The first kappa shape index (κ1) is 26.8. The Morgan fingerprint density at radius 3 is 2.58 bits per heavy atom. The Labute approximate surface area is 214 Å². The molecule has 1 amide bonds. The highest BCUT2D eigenvalue weighted by atomic mass is 127. The molecule has 0 spiro atoms. The average Bonchev–Trinajstić information content (AvgIpc) is 3.24. The molecule has 2 aromatic carbocycles. The summed E-state index contributed by atoms with van der Waals surface area (Å²) in [6, 6.07) is 12.1. The van der Waals surface area contributed by atoms with E-state index in [1.54, 1.807) is 21.3 Å². The van der Waals surface area contributed by atoms with Crippen LogP contribution in [0.5, 0.6) is 11.5 Å². The van der Waals surface area contributed by atoms with Gasteiger partial charge in [0.15, 0.2) is 17.5 Å². The number of rotatable bonds is 8. The third-order valence-corrected chi connectivity index (χ3v) is 5.86. The molecule has 0 aliphatic carbocycles. The molecule has 0 aromatic heterocycles. The monoisotopic (exact) mass is 566 g/mol. The van der Waals surface area contributed by atoms with Crippen LogP contribution in [-0.2, 0) is 17.8 Å². The Bertz CT molecular complexity index is 980. The maximum Gasteiger partial charge on any atom is 0.227 e. The molecule has 33 heavy (non-hydrogen) atoms. The lowest BCUT2D eigenvalue weighted by Gasteiger charge is -2.24. The van der Waals surface area contributed by atoms with Crippen molar-refractivity contribution in [2.24, 2.45) is 4.99 Å². The van der Waals surface area contributed by atoms with Crippen LogP contribution in [0.1, 0.15) is 29.5 Å². The quantitative estimate of drug-likeness (QED) is 0.227. The number of guanidine groups is 1. The van der Waals surface area contributed by atoms with E-state index < -0.39 is 0 Å². The highest BCUT2D eigenvalue weighted by molar-refractivity contribution is 14.0. The first-order valence-corrected chi connectivity index (χ1v) is 11.0. The van der Waals surface area contributed by atoms with Crippen LogP contribution in [0.4, 0.5) is 5.69 Å². The third-order valence-electron chi connectivity index (χ3n) is 5.86. The average molecular weight is 566 g/mol. The zero-order valence-corrected chi connectivity index (χ0v) is 22.5. The molecule has 0 fully saturated rings. The molecule has 1 aliphatic rings. The summed E-state index contributed by atoms with van der Waals surface area (Å²) < 4.78 is 10.8. The van der Waals surface area contributed by atoms with Gasteiger partial charge in [-0.05, 0) is 54.7 Å². The van der Waals surface area contributed by atoms with Crippen molar-refractivity contribution in [3.63, 3.8) is 0 Å². The van der Waals surface area contributed by atoms with Crippen molar-refractivity contribution in [2.75, 3.05) is 46.3 Å². The Hall–Kier alpha value is -2.49. The number of nitrogens with zero attached hydrogens (tertiary/aromatic N) is 3. The van der Waals surface area contributed by atoms with Gasteiger partial charge in [0.1, 0.15) is 0 Å². The predicted octanol–water partition coefficient (Wildman–Crippen LogP) is 4.01. The second-order valence-electron chi connectivity index (χ2n) is 7.99. The zero-order chi connectivity index (χ0) is 23.1. The number of ether oxygens (including phenoxy) is 2. The lowest BCUT2D eigenvalue weighted by molar-refractivity contribution is -0.118. The van der Waals surface area contributed by atoms with Gasteiger partial charge in [-0.25, -0.2) is 0 Å². The van der Waals surface area contributed by atoms with Crippen molar-refractivity contribution >= 4 is 41.5 Å². The second-order valence-corrected chi connectivity index (χ2v) is 7.99. The lowest BCUT2D eigenvalue weighted by atomic mass is 10.1. The van der Waals surface area contributed by atoms with E-state index in [4.69, 9.17) is 9.47 Å². The van der Waals surface area contributed by atoms with Gasteiger partial charge >= 0.3 is 0 Å². The molecule has 0 saturated heterocycles. The Morgan fingerprint density at radius 1 is 1.18 bits per heavy atom. The molecule has 0 bridgehead atoms. The first-order valence-electron chi connectivity index (χ1n) is 11.0. The van der Waals surface area contributed by atoms with E-state index in [2.05, 4.69) is 28.2 Å². The molecular formula is C25H35IN4O3. The number of fused-ring (bicyclic) bond motifs is 1. The maximum atomic E-state index is 12.7. The summed E-state index contributed by atoms with van der Waals surface area (Å²) >= 11 is 0. The summed E-state index contributed by atoms with van der Waals surface area (Å²) in [6.07, 6.45) is 2.20. The highest BCUT2D eigenvalue weighted by Gasteiger charge is 2.23. The Morgan fingerprint density at radius 2 is 1.88 bits per heavy atom. The van der Waals surface area contributed by atoms with E-state index in [0.717, 1.165) is 47.9 Å². The van der Waals surface area contributed by atoms with Gasteiger partial charge in [-0.2, -0.15) is 0 Å². The summed E-state index contributed by atoms with van der Waals surface area (Å²) in [4.78, 5) is 21.1. The number of para-hydroxylation sites is 1. The summed E-state index contributed by atoms with van der Waals surface area (Å²) in [5.41, 5.74) is 4.58. The van der Waals surface area contributed by atoms with Crippen molar-refractivity contribution in [3.05, 3.63) is 53.1 Å². The number of aryl methyl sites for hydroxylation is 1. The van der Waals surface area contributed by atoms with Crippen LogP contribution in [0.3, 0.4) is 0 Å². The Balaban J connectivity index is 0.00000385. The van der Waals surface area contributed by atoms with Gasteiger partial charge in [-0.1, -0.05) is 18.2 Å². The molecule has 0 saturated carbocycles. The second kappa shape index (κ2) is 12.7. The van der Waals surface area contributed by atoms with Gasteiger partial charge in [-0.3, -0.25) is 9.79 Å². The molecule has 180 valence electrons. The number of anilines is 1. The molecule has 8 heteroatoms. The fraction of sp³-hybridized carbons (Fsp3) is 0.440. The molecule has 0 radical (unpaired) electrons. The molecule has 7 nitrogen and oxygen atoms in total. The zero-order valence-electron chi connectivity index (χ0n) is 20.2. The number of aliphatic imine (C=N–C) groups is 1. The number of carbonyl (C=O) groups is 1. The summed E-state index contributed by atoms with van der Waals surface area (Å²) in [6.45, 7) is 4.20. The van der Waals surface area contributed by atoms with Crippen molar-refractivity contribution in [2.45, 2.75) is 32.7 Å². The molecule has 3 rings (SSSR count). The van der Waals surface area contributed by atoms with Crippen molar-refractivity contribution < 1.29 is 14.3 Å². The molecule has 1 heterocycles. The number of hydrogen-bond acceptors (Lipinski definition) is 4. The van der Waals surface area contributed by atoms with E-state index >= 15 is 0 Å². The fourth-order valence-corrected chi connectivity index (χ4v) is 4.08. The van der Waals surface area contributed by atoms with Gasteiger partial charge < -0.3 is 24.6 Å². The molecular weight excluding hydrogens is 531 g/mol. The molecule has 1 N–H and O–H groups in total. The number of methoxy groups -OCH3 is 2. The van der Waals surface area contributed by atoms with Gasteiger partial charge in [0.25, 0.3) is 0 Å². The minimum Gasteiger partial charge on any atom is -0.493 e. The maximum absolute atomic E-state index is 12.7. The highest BCUT2D eigenvalue weighted by Crippen LogP contribution is 2.31. The van der Waals surface area contributed by atoms with E-state index in [9.17, 15) is 4.79 Å². The molecule has 0 atom stereocenters. The summed E-state index contributed by atoms with van der Waals surface area (Å²) in [5.74, 6) is 2.41. The van der Waals surface area contributed by atoms with E-state index in [1.165, 1.54) is 5.56 Å². The van der Waals surface area contributed by atoms with E-state index in [-0.39, 0.29) is 29.9 Å². The third kappa shape index (κ3) is 6.52. The van der Waals surface area contributed by atoms with Gasteiger partial charge in [-0.15, -0.1) is 24.0 Å². The first-order chi connectivity index (χ1) is 15.5. The van der Waals surface area contributed by atoms with E-state index in [1.807, 2.05) is 42.3 Å². The van der Waals surface area contributed by atoms with Gasteiger partial charge in [0, 0.05) is 45.8 Å². The number of amides is 1. The fourth-order valence-electron chi connectivity index (χ4n) is 4.08. The molecule has 2 aromatic rings. The van der Waals surface area contributed by atoms with Gasteiger partial charge in [0.05, 0.1) is 14.2 Å². The number of carbonyl (C=O) groups excluding carboxylic acids is 1. The minimum absolute atomic E-state index is 0.